The SMILES string of the molecule is O=C(O)C1CCN(S(=O)(=O)Nc2cc(Br)cnc2Cl)CC1. The van der Waals surface area contributed by atoms with Gasteiger partial charge in [0.05, 0.1) is 11.6 Å². The van der Waals surface area contributed by atoms with Crippen molar-refractivity contribution in [3.05, 3.63) is 21.9 Å². The number of nitrogens with zero attached hydrogens (tertiary/aromatic N) is 2. The summed E-state index contributed by atoms with van der Waals surface area (Å²) in [5.41, 5.74) is 0.173. The van der Waals surface area contributed by atoms with E-state index in [4.69, 9.17) is 16.7 Å². The van der Waals surface area contributed by atoms with Crippen molar-refractivity contribution in [1.82, 2.24) is 9.29 Å². The number of piperidine rings is 1. The molecule has 0 aliphatic carbocycles. The number of hydrogen-bond acceptors (Lipinski definition) is 4. The molecule has 2 heterocycles. The molecule has 21 heavy (non-hydrogen) atoms. The molecule has 116 valence electrons. The van der Waals surface area contributed by atoms with Crippen molar-refractivity contribution >= 4 is 49.4 Å². The summed E-state index contributed by atoms with van der Waals surface area (Å²) in [5.74, 6) is -1.38. The van der Waals surface area contributed by atoms with E-state index in [0.717, 1.165) is 0 Å². The summed E-state index contributed by atoms with van der Waals surface area (Å²) in [4.78, 5) is 14.7. The lowest BCUT2D eigenvalue weighted by Gasteiger charge is -2.29. The standard InChI is InChI=1S/C11H13BrClN3O4S/c12-8-5-9(10(13)14-6-8)15-21(19,20)16-3-1-7(2-4-16)11(17)18/h5-7,15H,1-4H2,(H,17,18). The molecule has 0 saturated carbocycles. The van der Waals surface area contributed by atoms with Crippen LogP contribution in [0.3, 0.4) is 0 Å². The Labute approximate surface area is 135 Å². The second kappa shape index (κ2) is 6.47. The largest absolute Gasteiger partial charge is 0.481 e. The van der Waals surface area contributed by atoms with Gasteiger partial charge in [0.1, 0.15) is 0 Å². The summed E-state index contributed by atoms with van der Waals surface area (Å²) in [6.07, 6.45) is 2.04. The third-order valence-corrected chi connectivity index (χ3v) is 5.45. The van der Waals surface area contributed by atoms with Crippen molar-refractivity contribution in [3.8, 4) is 0 Å². The Kier molecular flexibility index (Phi) is 5.07. The highest BCUT2D eigenvalue weighted by Crippen LogP contribution is 2.26. The molecule has 2 N–H and O–H groups in total. The van der Waals surface area contributed by atoms with Crippen LogP contribution >= 0.6 is 27.5 Å². The van der Waals surface area contributed by atoms with Gasteiger partial charge in [-0.25, -0.2) is 4.98 Å². The summed E-state index contributed by atoms with van der Waals surface area (Å²) in [7, 11) is -3.78. The van der Waals surface area contributed by atoms with Gasteiger partial charge in [0.15, 0.2) is 5.15 Å². The van der Waals surface area contributed by atoms with Gasteiger partial charge in [0, 0.05) is 23.8 Å². The maximum Gasteiger partial charge on any atom is 0.306 e. The van der Waals surface area contributed by atoms with Crippen LogP contribution in [-0.4, -0.2) is 41.9 Å². The number of pyridine rings is 1. The first-order valence-electron chi connectivity index (χ1n) is 6.11. The molecule has 1 saturated heterocycles. The van der Waals surface area contributed by atoms with Gasteiger partial charge in [-0.15, -0.1) is 0 Å². The lowest BCUT2D eigenvalue weighted by atomic mass is 9.99. The quantitative estimate of drug-likeness (QED) is 0.755. The Hall–Kier alpha value is -0.900. The van der Waals surface area contributed by atoms with Crippen molar-refractivity contribution in [2.24, 2.45) is 5.92 Å². The molecule has 1 aliphatic rings. The fourth-order valence-electron chi connectivity index (χ4n) is 2.04. The van der Waals surface area contributed by atoms with Crippen LogP contribution in [0.2, 0.25) is 5.15 Å². The van der Waals surface area contributed by atoms with Crippen LogP contribution in [0, 0.1) is 5.92 Å². The molecule has 10 heteroatoms. The second-order valence-corrected chi connectivity index (χ2v) is 7.55. The van der Waals surface area contributed by atoms with Crippen LogP contribution in [0.5, 0.6) is 0 Å². The zero-order valence-electron chi connectivity index (χ0n) is 10.8. The lowest BCUT2D eigenvalue weighted by molar-refractivity contribution is -0.142. The average Bonchev–Trinajstić information content (AvgIpc) is 2.43. The summed E-state index contributed by atoms with van der Waals surface area (Å²) in [6.45, 7) is 0.316. The van der Waals surface area contributed by atoms with Crippen LogP contribution in [-0.2, 0) is 15.0 Å². The number of carboxylic acid groups (broad SMARTS) is 1. The normalized spacial score (nSPS) is 17.6. The van der Waals surface area contributed by atoms with Crippen molar-refractivity contribution in [1.29, 1.82) is 0 Å². The number of aliphatic carboxylic acids is 1. The van der Waals surface area contributed by atoms with Crippen LogP contribution in [0.25, 0.3) is 0 Å². The predicted molar refractivity (Wildman–Crippen MR) is 81.4 cm³/mol. The van der Waals surface area contributed by atoms with Gasteiger partial charge in [-0.05, 0) is 34.8 Å². The molecule has 0 spiro atoms. The Bertz CT molecular complexity index is 647. The number of carboxylic acids is 1. The van der Waals surface area contributed by atoms with Crippen molar-refractivity contribution < 1.29 is 18.3 Å². The number of hydrogen-bond donors (Lipinski definition) is 2. The monoisotopic (exact) mass is 397 g/mol. The van der Waals surface area contributed by atoms with Gasteiger partial charge in [-0.3, -0.25) is 9.52 Å². The minimum absolute atomic E-state index is 0.0437. The summed E-state index contributed by atoms with van der Waals surface area (Å²) >= 11 is 9.04. The number of nitrogens with one attached hydrogen (secondary N) is 1. The predicted octanol–water partition coefficient (Wildman–Crippen LogP) is 1.95. The Balaban J connectivity index is 2.09. The van der Waals surface area contributed by atoms with E-state index in [-0.39, 0.29) is 23.9 Å². The van der Waals surface area contributed by atoms with E-state index in [1.54, 1.807) is 0 Å². The highest BCUT2D eigenvalue weighted by Gasteiger charge is 2.31. The van der Waals surface area contributed by atoms with E-state index in [2.05, 4.69) is 25.6 Å². The van der Waals surface area contributed by atoms with Crippen molar-refractivity contribution in [3.63, 3.8) is 0 Å². The number of carbonyl (C=O) groups is 1. The molecule has 1 aromatic heterocycles. The molecule has 0 bridgehead atoms. The minimum Gasteiger partial charge on any atom is -0.481 e. The van der Waals surface area contributed by atoms with Gasteiger partial charge in [0.2, 0.25) is 0 Å². The van der Waals surface area contributed by atoms with Gasteiger partial charge in [-0.2, -0.15) is 12.7 Å². The maximum atomic E-state index is 12.3. The number of halogens is 2. The summed E-state index contributed by atoms with van der Waals surface area (Å²) in [6, 6.07) is 1.51. The Morgan fingerprint density at radius 1 is 1.48 bits per heavy atom. The highest BCUT2D eigenvalue weighted by atomic mass is 79.9. The van der Waals surface area contributed by atoms with Gasteiger partial charge in [0.25, 0.3) is 0 Å². The first-order chi connectivity index (χ1) is 9.79. The van der Waals surface area contributed by atoms with Crippen LogP contribution < -0.4 is 4.72 Å². The summed E-state index contributed by atoms with van der Waals surface area (Å²) < 4.78 is 28.7. The number of aromatic nitrogens is 1. The van der Waals surface area contributed by atoms with E-state index >= 15 is 0 Å². The van der Waals surface area contributed by atoms with Gasteiger partial charge >= 0.3 is 16.2 Å². The highest BCUT2D eigenvalue weighted by molar-refractivity contribution is 9.10. The van der Waals surface area contributed by atoms with E-state index in [1.807, 2.05) is 0 Å². The van der Waals surface area contributed by atoms with E-state index in [1.165, 1.54) is 16.6 Å². The minimum atomic E-state index is -3.78. The molecular weight excluding hydrogens is 386 g/mol. The molecule has 0 amide bonds. The van der Waals surface area contributed by atoms with Gasteiger partial charge < -0.3 is 5.11 Å². The Morgan fingerprint density at radius 3 is 2.67 bits per heavy atom. The van der Waals surface area contributed by atoms with E-state index in [9.17, 15) is 13.2 Å². The third kappa shape index (κ3) is 4.06. The topological polar surface area (TPSA) is 99.6 Å². The van der Waals surface area contributed by atoms with Crippen LogP contribution in [0.1, 0.15) is 12.8 Å². The molecule has 0 atom stereocenters. The maximum absolute atomic E-state index is 12.3. The molecular formula is C11H13BrClN3O4S. The molecule has 1 aliphatic heterocycles. The van der Waals surface area contributed by atoms with Crippen molar-refractivity contribution in [2.75, 3.05) is 17.8 Å². The first-order valence-corrected chi connectivity index (χ1v) is 8.72. The number of rotatable bonds is 4. The summed E-state index contributed by atoms with van der Waals surface area (Å²) in [5, 5.41) is 8.96. The first kappa shape index (κ1) is 16.5. The molecule has 0 unspecified atom stereocenters. The van der Waals surface area contributed by atoms with E-state index in [0.29, 0.717) is 17.3 Å². The number of anilines is 1. The average molecular weight is 399 g/mol. The molecule has 7 nitrogen and oxygen atoms in total. The van der Waals surface area contributed by atoms with Gasteiger partial charge in [-0.1, -0.05) is 11.6 Å². The van der Waals surface area contributed by atoms with E-state index < -0.39 is 22.1 Å². The fourth-order valence-corrected chi connectivity index (χ4v) is 3.83. The molecule has 0 aromatic carbocycles. The second-order valence-electron chi connectivity index (χ2n) is 4.61. The molecule has 1 aromatic rings. The van der Waals surface area contributed by atoms with Crippen LogP contribution in [0.4, 0.5) is 5.69 Å². The van der Waals surface area contributed by atoms with Crippen molar-refractivity contribution in [2.45, 2.75) is 12.8 Å². The lowest BCUT2D eigenvalue weighted by Crippen LogP contribution is -2.43. The molecule has 0 radical (unpaired) electrons. The van der Waals surface area contributed by atoms with Crippen LogP contribution in [0.15, 0.2) is 16.7 Å². The zero-order valence-corrected chi connectivity index (χ0v) is 13.9. The smallest absolute Gasteiger partial charge is 0.306 e. The third-order valence-electron chi connectivity index (χ3n) is 3.19. The molecule has 1 fully saturated rings. The molecule has 2 rings (SSSR count). The Morgan fingerprint density at radius 2 is 2.10 bits per heavy atom. The zero-order chi connectivity index (χ0) is 15.6. The fraction of sp³-hybridized carbons (Fsp3) is 0.455.